The minimum Gasteiger partial charge on any atom is -0.355 e. The second-order valence-electron chi connectivity index (χ2n) is 5.66. The maximum absolute atomic E-state index is 11.3. The molecule has 0 atom stereocenters. The molecule has 120 valence electrons. The van der Waals surface area contributed by atoms with Gasteiger partial charge in [0.1, 0.15) is 0 Å². The molecule has 1 N–H and O–H groups in total. The molecule has 0 aliphatic heterocycles. The fraction of sp³-hybridized carbons (Fsp3) is 0.0952. The molecule has 0 saturated carbocycles. The summed E-state index contributed by atoms with van der Waals surface area (Å²) in [4.78, 5) is 11.3. The summed E-state index contributed by atoms with van der Waals surface area (Å²) in [6.45, 7) is 0. The topological polar surface area (TPSA) is 29.1 Å². The Kier molecular flexibility index (Phi) is 5.29. The Hall–Kier alpha value is -2.58. The summed E-state index contributed by atoms with van der Waals surface area (Å²) in [5.74, 6) is 0. The molecular weight excluding hydrogens is 318 g/mol. The van der Waals surface area contributed by atoms with Crippen molar-refractivity contribution in [2.45, 2.75) is 12.8 Å². The van der Waals surface area contributed by atoms with Gasteiger partial charge in [-0.05, 0) is 54.3 Å². The van der Waals surface area contributed by atoms with Crippen LogP contribution in [-0.2, 0) is 12.8 Å². The van der Waals surface area contributed by atoms with Gasteiger partial charge in [-0.3, -0.25) is 4.79 Å². The Morgan fingerprint density at radius 1 is 0.833 bits per heavy atom. The van der Waals surface area contributed by atoms with Crippen molar-refractivity contribution in [1.29, 1.82) is 0 Å². The van der Waals surface area contributed by atoms with Gasteiger partial charge in [-0.25, -0.2) is 0 Å². The average Bonchev–Trinajstić information content (AvgIpc) is 2.61. The van der Waals surface area contributed by atoms with Crippen LogP contribution in [0.1, 0.15) is 21.5 Å². The van der Waals surface area contributed by atoms with E-state index in [1.807, 2.05) is 48.5 Å². The van der Waals surface area contributed by atoms with E-state index in [1.54, 1.807) is 0 Å². The summed E-state index contributed by atoms with van der Waals surface area (Å²) >= 11 is 6.02. The number of nitrogens with one attached hydrogen (secondary N) is 1. The van der Waals surface area contributed by atoms with Crippen LogP contribution in [0.15, 0.2) is 72.8 Å². The van der Waals surface area contributed by atoms with E-state index in [1.165, 1.54) is 11.1 Å². The van der Waals surface area contributed by atoms with E-state index in [4.69, 9.17) is 11.6 Å². The number of anilines is 2. The van der Waals surface area contributed by atoms with Gasteiger partial charge in [0, 0.05) is 22.0 Å². The summed E-state index contributed by atoms with van der Waals surface area (Å²) in [7, 11) is 0. The summed E-state index contributed by atoms with van der Waals surface area (Å²) in [5, 5.41) is 3.95. The van der Waals surface area contributed by atoms with Gasteiger partial charge in [0.2, 0.25) is 0 Å². The fourth-order valence-electron chi connectivity index (χ4n) is 2.63. The van der Waals surface area contributed by atoms with E-state index in [0.29, 0.717) is 10.6 Å². The molecule has 0 spiro atoms. The van der Waals surface area contributed by atoms with Crippen LogP contribution >= 0.6 is 11.6 Å². The monoisotopic (exact) mass is 335 g/mol. The zero-order valence-corrected chi connectivity index (χ0v) is 14.0. The van der Waals surface area contributed by atoms with Crippen molar-refractivity contribution in [2.75, 3.05) is 5.32 Å². The predicted octanol–water partition coefficient (Wildman–Crippen LogP) is 5.68. The van der Waals surface area contributed by atoms with Crippen LogP contribution in [0, 0.1) is 0 Å². The molecule has 0 saturated heterocycles. The fourth-order valence-corrected chi connectivity index (χ4v) is 2.82. The van der Waals surface area contributed by atoms with E-state index in [2.05, 4.69) is 29.6 Å². The molecule has 0 bridgehead atoms. The van der Waals surface area contributed by atoms with Crippen LogP contribution in [0.2, 0.25) is 5.02 Å². The molecule has 3 aromatic rings. The van der Waals surface area contributed by atoms with Crippen LogP contribution in [-0.4, -0.2) is 6.29 Å². The van der Waals surface area contributed by atoms with Gasteiger partial charge < -0.3 is 5.32 Å². The lowest BCUT2D eigenvalue weighted by Crippen LogP contribution is -1.98. The maximum Gasteiger partial charge on any atom is 0.152 e. The highest BCUT2D eigenvalue weighted by Crippen LogP contribution is 2.24. The van der Waals surface area contributed by atoms with Crippen molar-refractivity contribution in [3.05, 3.63) is 94.5 Å². The second kappa shape index (κ2) is 7.80. The first-order valence-electron chi connectivity index (χ1n) is 7.89. The summed E-state index contributed by atoms with van der Waals surface area (Å²) < 4.78 is 0. The van der Waals surface area contributed by atoms with Crippen molar-refractivity contribution >= 4 is 29.3 Å². The van der Waals surface area contributed by atoms with Gasteiger partial charge in [0.05, 0.1) is 0 Å². The SMILES string of the molecule is O=Cc1ccc(CCc2ccccc2)cc1Nc1cccc(Cl)c1. The lowest BCUT2D eigenvalue weighted by atomic mass is 10.0. The third kappa shape index (κ3) is 4.24. The van der Waals surface area contributed by atoms with Gasteiger partial charge in [0.25, 0.3) is 0 Å². The lowest BCUT2D eigenvalue weighted by Gasteiger charge is -2.11. The number of carbonyl (C=O) groups is 1. The highest BCUT2D eigenvalue weighted by atomic mass is 35.5. The molecule has 3 heteroatoms. The molecule has 0 fully saturated rings. The van der Waals surface area contributed by atoms with E-state index >= 15 is 0 Å². The molecule has 2 nitrogen and oxygen atoms in total. The highest BCUT2D eigenvalue weighted by Gasteiger charge is 2.05. The van der Waals surface area contributed by atoms with Gasteiger partial charge in [-0.2, -0.15) is 0 Å². The standard InChI is InChI=1S/C21H18ClNO/c22-19-7-4-8-20(14-19)23-21-13-17(11-12-18(21)15-24)10-9-16-5-2-1-3-6-16/h1-8,11-15,23H,9-10H2. The first-order valence-corrected chi connectivity index (χ1v) is 8.27. The van der Waals surface area contributed by atoms with Crippen molar-refractivity contribution in [1.82, 2.24) is 0 Å². The number of carbonyl (C=O) groups excluding carboxylic acids is 1. The molecular formula is C21H18ClNO. The Labute approximate surface area is 147 Å². The van der Waals surface area contributed by atoms with Crippen LogP contribution in [0.3, 0.4) is 0 Å². The zero-order valence-electron chi connectivity index (χ0n) is 13.2. The highest BCUT2D eigenvalue weighted by molar-refractivity contribution is 6.30. The van der Waals surface area contributed by atoms with Gasteiger partial charge in [-0.15, -0.1) is 0 Å². The number of benzene rings is 3. The molecule has 0 amide bonds. The molecule has 24 heavy (non-hydrogen) atoms. The Balaban J connectivity index is 1.78. The second-order valence-corrected chi connectivity index (χ2v) is 6.10. The average molecular weight is 336 g/mol. The van der Waals surface area contributed by atoms with E-state index in [9.17, 15) is 4.79 Å². The largest absolute Gasteiger partial charge is 0.355 e. The molecule has 0 heterocycles. The Bertz CT molecular complexity index is 830. The third-order valence-electron chi connectivity index (χ3n) is 3.89. The van der Waals surface area contributed by atoms with E-state index < -0.39 is 0 Å². The van der Waals surface area contributed by atoms with Crippen molar-refractivity contribution < 1.29 is 4.79 Å². The van der Waals surface area contributed by atoms with Gasteiger partial charge >= 0.3 is 0 Å². The predicted molar refractivity (Wildman–Crippen MR) is 100 cm³/mol. The zero-order chi connectivity index (χ0) is 16.8. The number of rotatable bonds is 6. The van der Waals surface area contributed by atoms with Gasteiger partial charge in [0.15, 0.2) is 6.29 Å². The van der Waals surface area contributed by atoms with Crippen LogP contribution < -0.4 is 5.32 Å². The number of hydrogen-bond donors (Lipinski definition) is 1. The maximum atomic E-state index is 11.3. The van der Waals surface area contributed by atoms with Crippen LogP contribution in [0.4, 0.5) is 11.4 Å². The molecule has 0 radical (unpaired) electrons. The minimum absolute atomic E-state index is 0.637. The van der Waals surface area contributed by atoms with Crippen molar-refractivity contribution in [2.24, 2.45) is 0 Å². The smallest absolute Gasteiger partial charge is 0.152 e. The first kappa shape index (κ1) is 16.3. The molecule has 0 unspecified atom stereocenters. The van der Waals surface area contributed by atoms with Crippen LogP contribution in [0.5, 0.6) is 0 Å². The molecule has 3 aromatic carbocycles. The number of aldehydes is 1. The van der Waals surface area contributed by atoms with Crippen molar-refractivity contribution in [3.8, 4) is 0 Å². The summed E-state index contributed by atoms with van der Waals surface area (Å²) in [6, 6.07) is 23.8. The normalized spacial score (nSPS) is 10.4. The Morgan fingerprint density at radius 3 is 2.38 bits per heavy atom. The molecule has 0 aliphatic rings. The van der Waals surface area contributed by atoms with Gasteiger partial charge in [-0.1, -0.05) is 54.1 Å². The van der Waals surface area contributed by atoms with E-state index in [-0.39, 0.29) is 0 Å². The Morgan fingerprint density at radius 2 is 1.62 bits per heavy atom. The lowest BCUT2D eigenvalue weighted by molar-refractivity contribution is 0.112. The summed E-state index contributed by atoms with van der Waals surface area (Å²) in [5.41, 5.74) is 4.80. The molecule has 3 rings (SSSR count). The molecule has 0 aliphatic carbocycles. The molecule has 0 aromatic heterocycles. The summed E-state index contributed by atoms with van der Waals surface area (Å²) in [6.07, 6.45) is 2.76. The first-order chi connectivity index (χ1) is 11.7. The number of halogens is 1. The minimum atomic E-state index is 0.637. The quantitative estimate of drug-likeness (QED) is 0.587. The number of aryl methyl sites for hydroxylation is 2. The van der Waals surface area contributed by atoms with E-state index in [0.717, 1.165) is 30.5 Å². The number of hydrogen-bond acceptors (Lipinski definition) is 2. The van der Waals surface area contributed by atoms with Crippen LogP contribution in [0.25, 0.3) is 0 Å². The third-order valence-corrected chi connectivity index (χ3v) is 4.13. The van der Waals surface area contributed by atoms with Crippen molar-refractivity contribution in [3.63, 3.8) is 0 Å².